The first-order valence-electron chi connectivity index (χ1n) is 12.9. The van der Waals surface area contributed by atoms with Gasteiger partial charge >= 0.3 is 5.97 Å². The smallest absolute Gasteiger partial charge is 0.306 e. The van der Waals surface area contributed by atoms with E-state index in [1.807, 2.05) is 0 Å². The predicted molar refractivity (Wildman–Crippen MR) is 119 cm³/mol. The Morgan fingerprint density at radius 3 is 2.45 bits per heavy atom. The van der Waals surface area contributed by atoms with E-state index in [9.17, 15) is 4.79 Å². The zero-order chi connectivity index (χ0) is 21.0. The lowest BCUT2D eigenvalue weighted by Gasteiger charge is -2.61. The molecule has 0 amide bonds. The van der Waals surface area contributed by atoms with Crippen molar-refractivity contribution in [2.75, 3.05) is 0 Å². The summed E-state index contributed by atoms with van der Waals surface area (Å²) in [5, 5.41) is 0. The van der Waals surface area contributed by atoms with Gasteiger partial charge in [-0.3, -0.25) is 4.79 Å². The Hall–Kier alpha value is -0.530. The van der Waals surface area contributed by atoms with Crippen LogP contribution in [-0.2, 0) is 9.53 Å². The lowest BCUT2D eigenvalue weighted by atomic mass is 9.45. The summed E-state index contributed by atoms with van der Waals surface area (Å²) in [7, 11) is 0. The lowest BCUT2D eigenvalue weighted by molar-refractivity contribution is -0.201. The van der Waals surface area contributed by atoms with Crippen molar-refractivity contribution < 1.29 is 9.53 Å². The van der Waals surface area contributed by atoms with Crippen LogP contribution in [-0.4, -0.2) is 12.1 Å². The molecule has 1 saturated heterocycles. The van der Waals surface area contributed by atoms with E-state index in [1.54, 1.807) is 0 Å². The number of carbonyl (C=O) groups is 1. The van der Waals surface area contributed by atoms with Gasteiger partial charge in [0.15, 0.2) is 0 Å². The van der Waals surface area contributed by atoms with Crippen molar-refractivity contribution in [3.8, 4) is 0 Å². The summed E-state index contributed by atoms with van der Waals surface area (Å²) < 4.78 is 5.93. The molecule has 0 bridgehead atoms. The van der Waals surface area contributed by atoms with Crippen LogP contribution in [0, 0.1) is 52.3 Å². The quantitative estimate of drug-likeness (QED) is 0.452. The fourth-order valence-corrected chi connectivity index (χ4v) is 8.90. The number of ether oxygens (including phenoxy) is 1. The van der Waals surface area contributed by atoms with E-state index in [1.165, 1.54) is 44.9 Å². The van der Waals surface area contributed by atoms with Crippen LogP contribution < -0.4 is 0 Å². The average Bonchev–Trinajstić information content (AvgIpc) is 3.00. The minimum absolute atomic E-state index is 0.0509. The molecule has 2 nitrogen and oxygen atoms in total. The van der Waals surface area contributed by atoms with Crippen molar-refractivity contribution >= 4 is 5.97 Å². The maximum absolute atomic E-state index is 12.0. The van der Waals surface area contributed by atoms with Gasteiger partial charge in [-0.15, -0.1) is 0 Å². The Morgan fingerprint density at radius 1 is 1.00 bits per heavy atom. The predicted octanol–water partition coefficient (Wildman–Crippen LogP) is 7.26. The van der Waals surface area contributed by atoms with E-state index in [2.05, 4.69) is 41.5 Å². The number of hydrogen-bond acceptors (Lipinski definition) is 2. The van der Waals surface area contributed by atoms with Crippen LogP contribution in [0.5, 0.6) is 0 Å². The first kappa shape index (κ1) is 21.7. The van der Waals surface area contributed by atoms with E-state index in [-0.39, 0.29) is 17.5 Å². The highest BCUT2D eigenvalue weighted by Crippen LogP contribution is 2.68. The molecule has 29 heavy (non-hydrogen) atoms. The molecule has 0 aromatic heterocycles. The Labute approximate surface area is 179 Å². The summed E-state index contributed by atoms with van der Waals surface area (Å²) in [6.45, 7) is 14.9. The van der Waals surface area contributed by atoms with Crippen molar-refractivity contribution in [2.24, 2.45) is 52.3 Å². The van der Waals surface area contributed by atoms with Gasteiger partial charge in [0.25, 0.3) is 0 Å². The molecule has 1 heterocycles. The molecule has 1 aliphatic heterocycles. The minimum atomic E-state index is 0.0509. The van der Waals surface area contributed by atoms with E-state index in [4.69, 9.17) is 4.74 Å². The molecular weight excluding hydrogens is 356 g/mol. The van der Waals surface area contributed by atoms with Crippen LogP contribution in [0.15, 0.2) is 0 Å². The van der Waals surface area contributed by atoms with E-state index < -0.39 is 0 Å². The second kappa shape index (κ2) is 7.86. The molecule has 0 aromatic carbocycles. The number of rotatable bonds is 5. The lowest BCUT2D eigenvalue weighted by Crippen LogP contribution is -2.59. The van der Waals surface area contributed by atoms with Gasteiger partial charge in [0.2, 0.25) is 0 Å². The van der Waals surface area contributed by atoms with Gasteiger partial charge in [-0.25, -0.2) is 0 Å². The molecule has 0 spiro atoms. The van der Waals surface area contributed by atoms with Crippen LogP contribution in [0.3, 0.4) is 0 Å². The number of esters is 1. The summed E-state index contributed by atoms with van der Waals surface area (Å²) in [5.74, 6) is 5.88. The van der Waals surface area contributed by atoms with Gasteiger partial charge in [0, 0.05) is 11.8 Å². The molecule has 3 saturated carbocycles. The van der Waals surface area contributed by atoms with E-state index in [0.29, 0.717) is 17.8 Å². The number of carbonyl (C=O) groups excluding carboxylic acids is 1. The van der Waals surface area contributed by atoms with Crippen LogP contribution in [0.2, 0.25) is 0 Å². The summed E-state index contributed by atoms with van der Waals surface area (Å²) in [4.78, 5) is 12.0. The topological polar surface area (TPSA) is 26.3 Å². The highest BCUT2D eigenvalue weighted by atomic mass is 16.5. The van der Waals surface area contributed by atoms with E-state index >= 15 is 0 Å². The molecule has 9 atom stereocenters. The standard InChI is InChI=1S/C27H46O2/c1-17(2)8-7-9-18(3)20-10-11-21-25-19(4)16-23-27(6,15-13-24(28)29-23)22(25)12-14-26(20,21)5/h17-23,25H,7-16H2,1-6H3/t18?,19-,20?,21?,22?,23?,25?,26+,27+/m0/s1. The average molecular weight is 403 g/mol. The summed E-state index contributed by atoms with van der Waals surface area (Å²) in [6, 6.07) is 0. The molecule has 3 aliphatic carbocycles. The molecular formula is C27H46O2. The first-order chi connectivity index (χ1) is 13.7. The highest BCUT2D eigenvalue weighted by Gasteiger charge is 2.63. The molecule has 6 unspecified atom stereocenters. The fraction of sp³-hybridized carbons (Fsp3) is 0.963. The number of hydrogen-bond donors (Lipinski definition) is 0. The molecule has 2 heteroatoms. The summed E-state index contributed by atoms with van der Waals surface area (Å²) in [5.41, 5.74) is 0.772. The van der Waals surface area contributed by atoms with Crippen molar-refractivity contribution in [1.29, 1.82) is 0 Å². The van der Waals surface area contributed by atoms with Gasteiger partial charge in [0.05, 0.1) is 0 Å². The maximum atomic E-state index is 12.0. The third-order valence-corrected chi connectivity index (χ3v) is 10.5. The molecule has 166 valence electrons. The molecule has 0 N–H and O–H groups in total. The Balaban J connectivity index is 1.51. The number of fused-ring (bicyclic) bond motifs is 5. The van der Waals surface area contributed by atoms with Gasteiger partial charge in [-0.2, -0.15) is 0 Å². The molecule has 4 rings (SSSR count). The Morgan fingerprint density at radius 2 is 1.72 bits per heavy atom. The van der Waals surface area contributed by atoms with Gasteiger partial charge < -0.3 is 4.74 Å². The second-order valence-corrected chi connectivity index (χ2v) is 12.5. The van der Waals surface area contributed by atoms with Crippen LogP contribution in [0.25, 0.3) is 0 Å². The van der Waals surface area contributed by atoms with Crippen LogP contribution >= 0.6 is 0 Å². The second-order valence-electron chi connectivity index (χ2n) is 12.5. The fourth-order valence-electron chi connectivity index (χ4n) is 8.90. The van der Waals surface area contributed by atoms with Crippen LogP contribution in [0.4, 0.5) is 0 Å². The zero-order valence-electron chi connectivity index (χ0n) is 20.0. The van der Waals surface area contributed by atoms with Crippen molar-refractivity contribution in [1.82, 2.24) is 0 Å². The van der Waals surface area contributed by atoms with Crippen LogP contribution in [0.1, 0.15) is 106 Å². The van der Waals surface area contributed by atoms with Gasteiger partial charge in [-0.1, -0.05) is 60.8 Å². The minimum Gasteiger partial charge on any atom is -0.462 e. The Bertz CT molecular complexity index is 612. The molecule has 4 aliphatic rings. The third-order valence-electron chi connectivity index (χ3n) is 10.5. The largest absolute Gasteiger partial charge is 0.462 e. The molecule has 0 radical (unpaired) electrons. The van der Waals surface area contributed by atoms with E-state index in [0.717, 1.165) is 48.3 Å². The molecule has 0 aromatic rings. The first-order valence-corrected chi connectivity index (χ1v) is 12.9. The van der Waals surface area contributed by atoms with Crippen molar-refractivity contribution in [2.45, 2.75) is 112 Å². The summed E-state index contributed by atoms with van der Waals surface area (Å²) >= 11 is 0. The van der Waals surface area contributed by atoms with Gasteiger partial charge in [0.1, 0.15) is 6.10 Å². The van der Waals surface area contributed by atoms with Crippen molar-refractivity contribution in [3.05, 3.63) is 0 Å². The molecule has 4 fully saturated rings. The Kier molecular flexibility index (Phi) is 5.88. The highest BCUT2D eigenvalue weighted by molar-refractivity contribution is 5.70. The normalized spacial score (nSPS) is 47.9. The SMILES string of the molecule is CC(C)CCCC(C)C1CCC2C3C(CC[C@]12C)[C@@]1(C)CCC(=O)OC1C[C@@H]3C. The monoisotopic (exact) mass is 402 g/mol. The maximum Gasteiger partial charge on any atom is 0.306 e. The summed E-state index contributed by atoms with van der Waals surface area (Å²) in [6.07, 6.45) is 12.9. The van der Waals surface area contributed by atoms with Gasteiger partial charge in [-0.05, 0) is 85.4 Å². The van der Waals surface area contributed by atoms with Crippen molar-refractivity contribution in [3.63, 3.8) is 0 Å². The third kappa shape index (κ3) is 3.59. The zero-order valence-corrected chi connectivity index (χ0v) is 20.0.